The molecule has 14 heteroatoms. The van der Waals surface area contributed by atoms with Crippen LogP contribution in [0.1, 0.15) is 36.0 Å². The van der Waals surface area contributed by atoms with Crippen molar-refractivity contribution < 1.29 is 27.9 Å². The van der Waals surface area contributed by atoms with Crippen LogP contribution in [0, 0.1) is 0 Å². The second-order valence-corrected chi connectivity index (χ2v) is 9.44. The molecule has 0 spiro atoms. The van der Waals surface area contributed by atoms with Gasteiger partial charge in [-0.1, -0.05) is 12.8 Å². The van der Waals surface area contributed by atoms with Crippen molar-refractivity contribution in [3.8, 4) is 0 Å². The van der Waals surface area contributed by atoms with Crippen LogP contribution in [0.15, 0.2) is 33.7 Å². The average Bonchev–Trinajstić information content (AvgIpc) is 3.35. The van der Waals surface area contributed by atoms with Gasteiger partial charge in [-0.3, -0.25) is 4.79 Å². The molecule has 5 N–H and O–H groups in total. The summed E-state index contributed by atoms with van der Waals surface area (Å²) < 4.78 is 34.2. The number of carboxylic acid groups (broad SMARTS) is 1. The van der Waals surface area contributed by atoms with Crippen molar-refractivity contribution in [1.82, 2.24) is 14.6 Å². The first kappa shape index (κ1) is 24.9. The molecule has 0 bridgehead atoms. The van der Waals surface area contributed by atoms with E-state index in [9.17, 15) is 18.0 Å². The molecule has 33 heavy (non-hydrogen) atoms. The lowest BCUT2D eigenvalue weighted by Crippen LogP contribution is -2.42. The standard InChI is InChI=1S/C17H19BrN6OS.C2HF3O2/c18-15-13(6-8-26-15)22-17(25)10-9-20-24-7-5-14(23-16(10)24)21-12-4-2-1-3-11(12)19;3-2(4,5)1(6)7/h5-9,11-12H,1-4,19H2,(H,21,23)(H,22,25);(H,6,7)/t11-,12+;/m0./s1. The highest BCUT2D eigenvalue weighted by molar-refractivity contribution is 9.11. The number of rotatable bonds is 4. The van der Waals surface area contributed by atoms with E-state index in [1.807, 2.05) is 17.5 Å². The lowest BCUT2D eigenvalue weighted by atomic mass is 9.91. The predicted octanol–water partition coefficient (Wildman–Crippen LogP) is 4.12. The number of anilines is 2. The maximum absolute atomic E-state index is 12.6. The normalized spacial score (nSPS) is 18.3. The fraction of sp³-hybridized carbons (Fsp3) is 0.368. The number of halogens is 4. The topological polar surface area (TPSA) is 135 Å². The Labute approximate surface area is 198 Å². The van der Waals surface area contributed by atoms with Crippen molar-refractivity contribution in [3.63, 3.8) is 0 Å². The van der Waals surface area contributed by atoms with E-state index in [-0.39, 0.29) is 18.0 Å². The first-order valence-corrected chi connectivity index (χ1v) is 11.4. The van der Waals surface area contributed by atoms with Gasteiger partial charge in [-0.2, -0.15) is 18.3 Å². The third-order valence-electron chi connectivity index (χ3n) is 4.88. The summed E-state index contributed by atoms with van der Waals surface area (Å²) in [6, 6.07) is 4.05. The van der Waals surface area contributed by atoms with E-state index in [1.54, 1.807) is 10.7 Å². The number of hydrogen-bond donors (Lipinski definition) is 4. The smallest absolute Gasteiger partial charge is 0.475 e. The molecule has 1 aliphatic carbocycles. The van der Waals surface area contributed by atoms with Crippen molar-refractivity contribution in [3.05, 3.63) is 39.3 Å². The molecule has 3 aromatic rings. The number of carbonyl (C=O) groups is 2. The fourth-order valence-corrected chi connectivity index (χ4v) is 4.33. The molecule has 0 saturated heterocycles. The molecule has 3 aromatic heterocycles. The van der Waals surface area contributed by atoms with Gasteiger partial charge < -0.3 is 21.5 Å². The van der Waals surface area contributed by atoms with Gasteiger partial charge in [0, 0.05) is 18.3 Å². The van der Waals surface area contributed by atoms with Gasteiger partial charge in [-0.25, -0.2) is 14.3 Å². The summed E-state index contributed by atoms with van der Waals surface area (Å²) >= 11 is 4.94. The van der Waals surface area contributed by atoms with Gasteiger partial charge in [-0.15, -0.1) is 11.3 Å². The first-order valence-electron chi connectivity index (χ1n) is 9.77. The Morgan fingerprint density at radius 3 is 2.58 bits per heavy atom. The second kappa shape index (κ2) is 10.5. The van der Waals surface area contributed by atoms with Crippen LogP contribution in [0.2, 0.25) is 0 Å². The molecule has 2 atom stereocenters. The minimum absolute atomic E-state index is 0.130. The minimum Gasteiger partial charge on any atom is -0.475 e. The molecule has 0 aromatic carbocycles. The number of amides is 1. The SMILES string of the molecule is N[C@H]1CCCC[C@H]1Nc1ccn2ncc(C(=O)Nc3ccsc3Br)c2n1.O=C(O)C(F)(F)F. The average molecular weight is 549 g/mol. The lowest BCUT2D eigenvalue weighted by molar-refractivity contribution is -0.192. The Morgan fingerprint density at radius 1 is 1.27 bits per heavy atom. The van der Waals surface area contributed by atoms with Crippen LogP contribution in [0.5, 0.6) is 0 Å². The van der Waals surface area contributed by atoms with Crippen molar-refractivity contribution in [2.45, 2.75) is 43.9 Å². The third-order valence-corrected chi connectivity index (χ3v) is 6.56. The number of thiophene rings is 1. The molecule has 1 saturated carbocycles. The molecular weight excluding hydrogens is 529 g/mol. The van der Waals surface area contributed by atoms with E-state index >= 15 is 0 Å². The molecule has 178 valence electrons. The van der Waals surface area contributed by atoms with E-state index in [4.69, 9.17) is 15.6 Å². The molecule has 0 radical (unpaired) electrons. The molecule has 3 heterocycles. The number of nitrogens with two attached hydrogens (primary N) is 1. The number of nitrogens with one attached hydrogen (secondary N) is 2. The van der Waals surface area contributed by atoms with E-state index in [2.05, 4.69) is 36.6 Å². The zero-order chi connectivity index (χ0) is 24.2. The molecule has 1 fully saturated rings. The van der Waals surface area contributed by atoms with Crippen molar-refractivity contribution in [2.75, 3.05) is 10.6 Å². The highest BCUT2D eigenvalue weighted by Gasteiger charge is 2.38. The lowest BCUT2D eigenvalue weighted by Gasteiger charge is -2.29. The molecule has 9 nitrogen and oxygen atoms in total. The Balaban J connectivity index is 0.000000383. The van der Waals surface area contributed by atoms with Gasteiger partial charge in [0.1, 0.15) is 11.4 Å². The number of carboxylic acids is 1. The van der Waals surface area contributed by atoms with Crippen LogP contribution < -0.4 is 16.4 Å². The highest BCUT2D eigenvalue weighted by atomic mass is 79.9. The second-order valence-electron chi connectivity index (χ2n) is 7.20. The fourth-order valence-electron chi connectivity index (χ4n) is 3.21. The maximum Gasteiger partial charge on any atom is 0.490 e. The van der Waals surface area contributed by atoms with Crippen molar-refractivity contribution >= 4 is 56.3 Å². The Hall–Kier alpha value is -2.71. The van der Waals surface area contributed by atoms with Crippen LogP contribution in [0.3, 0.4) is 0 Å². The van der Waals surface area contributed by atoms with E-state index < -0.39 is 12.1 Å². The third kappa shape index (κ3) is 6.42. The molecule has 4 rings (SSSR count). The van der Waals surface area contributed by atoms with Gasteiger partial charge >= 0.3 is 12.1 Å². The predicted molar refractivity (Wildman–Crippen MR) is 121 cm³/mol. The Kier molecular flexibility index (Phi) is 7.92. The summed E-state index contributed by atoms with van der Waals surface area (Å²) in [7, 11) is 0. The highest BCUT2D eigenvalue weighted by Crippen LogP contribution is 2.29. The molecular formula is C19H20BrF3N6O3S. The van der Waals surface area contributed by atoms with E-state index in [1.165, 1.54) is 30.4 Å². The van der Waals surface area contributed by atoms with Gasteiger partial charge in [-0.05, 0) is 46.3 Å². The summed E-state index contributed by atoms with van der Waals surface area (Å²) in [6.45, 7) is 0. The summed E-state index contributed by atoms with van der Waals surface area (Å²) in [6.07, 6.45) is 2.66. The van der Waals surface area contributed by atoms with E-state index in [0.717, 1.165) is 22.3 Å². The van der Waals surface area contributed by atoms with Crippen LogP contribution in [0.25, 0.3) is 5.65 Å². The zero-order valence-corrected chi connectivity index (χ0v) is 19.4. The maximum atomic E-state index is 12.6. The van der Waals surface area contributed by atoms with Gasteiger partial charge in [0.2, 0.25) is 0 Å². The van der Waals surface area contributed by atoms with Crippen LogP contribution >= 0.6 is 27.3 Å². The summed E-state index contributed by atoms with van der Waals surface area (Å²) in [4.78, 5) is 26.1. The zero-order valence-electron chi connectivity index (χ0n) is 17.0. The van der Waals surface area contributed by atoms with Crippen LogP contribution in [-0.2, 0) is 4.79 Å². The van der Waals surface area contributed by atoms with Crippen molar-refractivity contribution in [1.29, 1.82) is 0 Å². The number of carbonyl (C=O) groups excluding carboxylic acids is 1. The number of aliphatic carboxylic acids is 1. The van der Waals surface area contributed by atoms with Gasteiger partial charge in [0.25, 0.3) is 5.91 Å². The number of nitrogens with zero attached hydrogens (tertiary/aromatic N) is 3. The van der Waals surface area contributed by atoms with E-state index in [0.29, 0.717) is 17.0 Å². The van der Waals surface area contributed by atoms with Crippen LogP contribution in [-0.4, -0.2) is 49.8 Å². The quantitative estimate of drug-likeness (QED) is 0.385. The summed E-state index contributed by atoms with van der Waals surface area (Å²) in [5.41, 5.74) is 7.90. The molecule has 0 aliphatic heterocycles. The van der Waals surface area contributed by atoms with Crippen LogP contribution in [0.4, 0.5) is 24.7 Å². The number of alkyl halides is 3. The largest absolute Gasteiger partial charge is 0.490 e. The number of hydrogen-bond acceptors (Lipinski definition) is 7. The molecule has 1 amide bonds. The van der Waals surface area contributed by atoms with Gasteiger partial charge in [0.05, 0.1) is 15.7 Å². The minimum atomic E-state index is -5.08. The first-order chi connectivity index (χ1) is 15.6. The molecule has 1 aliphatic rings. The number of aromatic nitrogens is 3. The molecule has 0 unspecified atom stereocenters. The number of fused-ring (bicyclic) bond motifs is 1. The Bertz CT molecular complexity index is 1140. The van der Waals surface area contributed by atoms with Crippen molar-refractivity contribution in [2.24, 2.45) is 5.73 Å². The Morgan fingerprint density at radius 2 is 1.97 bits per heavy atom. The summed E-state index contributed by atoms with van der Waals surface area (Å²) in [5, 5.41) is 19.6. The summed E-state index contributed by atoms with van der Waals surface area (Å²) in [5.74, 6) is -2.28. The monoisotopic (exact) mass is 548 g/mol. The van der Waals surface area contributed by atoms with Gasteiger partial charge in [0.15, 0.2) is 5.65 Å².